The molecule has 2 nitrogen and oxygen atoms in total. The lowest BCUT2D eigenvalue weighted by atomic mass is 9.85. The van der Waals surface area contributed by atoms with E-state index >= 15 is 0 Å². The first-order valence-electron chi connectivity index (χ1n) is 4.99. The number of aliphatic hydroxyl groups excluding tert-OH is 1. The Hall–Kier alpha value is -0.380. The van der Waals surface area contributed by atoms with Gasteiger partial charge in [0.05, 0.1) is 23.6 Å². The van der Waals surface area contributed by atoms with Crippen molar-refractivity contribution in [3.8, 4) is 5.75 Å². The standard InChI is InChI=1S/C12H17ClO2S/c1-12(2,7-14)8-5-9(13)11(15-3)10(6-8)16-4/h5-6,14H,7H2,1-4H3. The van der Waals surface area contributed by atoms with E-state index in [0.29, 0.717) is 10.8 Å². The minimum Gasteiger partial charge on any atom is -0.494 e. The molecule has 16 heavy (non-hydrogen) atoms. The van der Waals surface area contributed by atoms with E-state index in [0.717, 1.165) is 10.5 Å². The van der Waals surface area contributed by atoms with Crippen LogP contribution in [0.3, 0.4) is 0 Å². The van der Waals surface area contributed by atoms with Gasteiger partial charge in [0.25, 0.3) is 0 Å². The second kappa shape index (κ2) is 5.30. The molecule has 0 aliphatic heterocycles. The molecule has 0 aliphatic rings. The third-order valence-corrected chi connectivity index (χ3v) is 3.63. The molecule has 0 radical (unpaired) electrons. The molecular formula is C12H17ClO2S. The highest BCUT2D eigenvalue weighted by atomic mass is 35.5. The van der Waals surface area contributed by atoms with Crippen LogP contribution in [0.4, 0.5) is 0 Å². The third kappa shape index (κ3) is 2.65. The Morgan fingerprint density at radius 1 is 1.44 bits per heavy atom. The molecule has 0 atom stereocenters. The van der Waals surface area contributed by atoms with E-state index in [-0.39, 0.29) is 12.0 Å². The predicted octanol–water partition coefficient (Wildman–Crippen LogP) is 3.34. The van der Waals surface area contributed by atoms with Crippen molar-refractivity contribution in [1.29, 1.82) is 0 Å². The van der Waals surface area contributed by atoms with Gasteiger partial charge in [-0.15, -0.1) is 11.8 Å². The number of halogens is 1. The van der Waals surface area contributed by atoms with E-state index < -0.39 is 0 Å². The van der Waals surface area contributed by atoms with Gasteiger partial charge >= 0.3 is 0 Å². The molecule has 4 heteroatoms. The molecule has 0 bridgehead atoms. The molecule has 1 N–H and O–H groups in total. The molecule has 0 aromatic heterocycles. The number of rotatable bonds is 4. The van der Waals surface area contributed by atoms with Crippen molar-refractivity contribution in [2.45, 2.75) is 24.2 Å². The van der Waals surface area contributed by atoms with Crippen LogP contribution in [0.25, 0.3) is 0 Å². The first kappa shape index (κ1) is 13.7. The molecule has 1 aromatic rings. The van der Waals surface area contributed by atoms with Crippen molar-refractivity contribution in [3.05, 3.63) is 22.7 Å². The summed E-state index contributed by atoms with van der Waals surface area (Å²) in [5.41, 5.74) is 0.727. The zero-order valence-corrected chi connectivity index (χ0v) is 11.6. The summed E-state index contributed by atoms with van der Waals surface area (Å²) in [7, 11) is 1.61. The molecule has 1 rings (SSSR count). The van der Waals surface area contributed by atoms with Crippen LogP contribution in [0, 0.1) is 0 Å². The Morgan fingerprint density at radius 3 is 2.50 bits per heavy atom. The lowest BCUT2D eigenvalue weighted by molar-refractivity contribution is 0.218. The van der Waals surface area contributed by atoms with Crippen LogP contribution in [0.1, 0.15) is 19.4 Å². The molecule has 0 spiro atoms. The molecule has 0 fully saturated rings. The summed E-state index contributed by atoms with van der Waals surface area (Å²) in [5.74, 6) is 0.701. The van der Waals surface area contributed by atoms with Crippen LogP contribution >= 0.6 is 23.4 Å². The smallest absolute Gasteiger partial charge is 0.150 e. The van der Waals surface area contributed by atoms with E-state index in [1.807, 2.05) is 32.2 Å². The summed E-state index contributed by atoms with van der Waals surface area (Å²) >= 11 is 7.74. The minimum absolute atomic E-state index is 0.0868. The summed E-state index contributed by atoms with van der Waals surface area (Å²) < 4.78 is 5.25. The van der Waals surface area contributed by atoms with Gasteiger partial charge in [0.1, 0.15) is 0 Å². The van der Waals surface area contributed by atoms with Crippen molar-refractivity contribution >= 4 is 23.4 Å². The maximum Gasteiger partial charge on any atom is 0.150 e. The summed E-state index contributed by atoms with van der Waals surface area (Å²) in [6, 6.07) is 3.88. The quantitative estimate of drug-likeness (QED) is 0.842. The predicted molar refractivity (Wildman–Crippen MR) is 69.9 cm³/mol. The number of thioether (sulfide) groups is 1. The van der Waals surface area contributed by atoms with E-state index in [1.54, 1.807) is 18.9 Å². The first-order valence-corrected chi connectivity index (χ1v) is 6.59. The SMILES string of the molecule is COc1c(Cl)cc(C(C)(C)CO)cc1SC. The fraction of sp³-hybridized carbons (Fsp3) is 0.500. The second-order valence-corrected chi connectivity index (χ2v) is 5.49. The molecule has 0 aliphatic carbocycles. The van der Waals surface area contributed by atoms with Crippen LogP contribution < -0.4 is 4.74 Å². The molecule has 90 valence electrons. The highest BCUT2D eigenvalue weighted by molar-refractivity contribution is 7.98. The highest BCUT2D eigenvalue weighted by Crippen LogP contribution is 2.38. The summed E-state index contributed by atoms with van der Waals surface area (Å²) in [6.07, 6.45) is 1.98. The summed E-state index contributed by atoms with van der Waals surface area (Å²) in [4.78, 5) is 0.992. The fourth-order valence-corrected chi connectivity index (χ4v) is 2.38. The highest BCUT2D eigenvalue weighted by Gasteiger charge is 2.22. The van der Waals surface area contributed by atoms with Gasteiger partial charge in [-0.2, -0.15) is 0 Å². The van der Waals surface area contributed by atoms with Crippen LogP contribution in [0.2, 0.25) is 5.02 Å². The number of ether oxygens (including phenoxy) is 1. The monoisotopic (exact) mass is 260 g/mol. The molecule has 0 saturated carbocycles. The Kier molecular flexibility index (Phi) is 4.53. The number of hydrogen-bond acceptors (Lipinski definition) is 3. The molecule has 0 unspecified atom stereocenters. The van der Waals surface area contributed by atoms with Gasteiger partial charge < -0.3 is 9.84 Å². The van der Waals surface area contributed by atoms with Gasteiger partial charge in [-0.25, -0.2) is 0 Å². The zero-order chi connectivity index (χ0) is 12.3. The van der Waals surface area contributed by atoms with Crippen LogP contribution in [0.5, 0.6) is 5.75 Å². The van der Waals surface area contributed by atoms with E-state index in [9.17, 15) is 5.11 Å². The van der Waals surface area contributed by atoms with Gasteiger partial charge in [0, 0.05) is 5.41 Å². The average Bonchev–Trinajstić information content (AvgIpc) is 2.27. The third-order valence-electron chi connectivity index (χ3n) is 2.61. The van der Waals surface area contributed by atoms with E-state index in [1.165, 1.54) is 0 Å². The van der Waals surface area contributed by atoms with Gasteiger partial charge in [0.2, 0.25) is 0 Å². The fourth-order valence-electron chi connectivity index (χ4n) is 1.40. The van der Waals surface area contributed by atoms with E-state index in [4.69, 9.17) is 16.3 Å². The lowest BCUT2D eigenvalue weighted by Crippen LogP contribution is -2.22. The Labute approximate surface area is 106 Å². The van der Waals surface area contributed by atoms with Gasteiger partial charge in [-0.3, -0.25) is 0 Å². The lowest BCUT2D eigenvalue weighted by Gasteiger charge is -2.24. The van der Waals surface area contributed by atoms with Crippen molar-refractivity contribution in [1.82, 2.24) is 0 Å². The average molecular weight is 261 g/mol. The van der Waals surface area contributed by atoms with Crippen molar-refractivity contribution in [2.75, 3.05) is 20.0 Å². The number of aliphatic hydroxyl groups is 1. The minimum atomic E-state index is -0.291. The molecule has 0 amide bonds. The molecule has 0 heterocycles. The normalized spacial score (nSPS) is 11.6. The summed E-state index contributed by atoms with van der Waals surface area (Å²) in [6.45, 7) is 4.05. The Morgan fingerprint density at radius 2 is 2.06 bits per heavy atom. The Balaban J connectivity index is 3.31. The summed E-state index contributed by atoms with van der Waals surface area (Å²) in [5, 5.41) is 9.94. The molecule has 1 aromatic carbocycles. The van der Waals surface area contributed by atoms with Gasteiger partial charge in [-0.1, -0.05) is 25.4 Å². The molecular weight excluding hydrogens is 244 g/mol. The Bertz CT molecular complexity index is 378. The van der Waals surface area contributed by atoms with Crippen molar-refractivity contribution in [2.24, 2.45) is 0 Å². The number of hydrogen-bond donors (Lipinski definition) is 1. The second-order valence-electron chi connectivity index (χ2n) is 4.24. The maximum absolute atomic E-state index is 9.35. The van der Waals surface area contributed by atoms with Crippen molar-refractivity contribution < 1.29 is 9.84 Å². The first-order chi connectivity index (χ1) is 7.46. The van der Waals surface area contributed by atoms with Gasteiger partial charge in [-0.05, 0) is 24.0 Å². The number of methoxy groups -OCH3 is 1. The van der Waals surface area contributed by atoms with Crippen molar-refractivity contribution in [3.63, 3.8) is 0 Å². The topological polar surface area (TPSA) is 29.5 Å². The maximum atomic E-state index is 9.35. The van der Waals surface area contributed by atoms with E-state index in [2.05, 4.69) is 0 Å². The number of benzene rings is 1. The van der Waals surface area contributed by atoms with Crippen LogP contribution in [0.15, 0.2) is 17.0 Å². The largest absolute Gasteiger partial charge is 0.494 e. The van der Waals surface area contributed by atoms with Crippen LogP contribution in [-0.2, 0) is 5.41 Å². The molecule has 0 saturated heterocycles. The van der Waals surface area contributed by atoms with Gasteiger partial charge in [0.15, 0.2) is 5.75 Å². The van der Waals surface area contributed by atoms with Crippen LogP contribution in [-0.4, -0.2) is 25.1 Å². The zero-order valence-electron chi connectivity index (χ0n) is 10.0.